The van der Waals surface area contributed by atoms with Crippen LogP contribution < -0.4 is 11.5 Å². The molecule has 3 nitrogen and oxygen atoms in total. The molecule has 0 spiro atoms. The molecule has 1 heterocycles. The molecule has 0 radical (unpaired) electrons. The Kier molecular flexibility index (Phi) is 2.51. The standard InChI is InChI=1S/C7H10FN3/c8-7-6(4-10)5(3-9)1-2-11-7/h1-2H,3-4,9-10H2. The van der Waals surface area contributed by atoms with Gasteiger partial charge in [0.1, 0.15) is 0 Å². The number of hydrogen-bond donors (Lipinski definition) is 2. The fourth-order valence-electron chi connectivity index (χ4n) is 0.910. The topological polar surface area (TPSA) is 64.9 Å². The van der Waals surface area contributed by atoms with Gasteiger partial charge < -0.3 is 11.5 Å². The lowest BCUT2D eigenvalue weighted by molar-refractivity contribution is 0.563. The number of halogens is 1. The monoisotopic (exact) mass is 155 g/mol. The second-order valence-electron chi connectivity index (χ2n) is 2.15. The molecule has 11 heavy (non-hydrogen) atoms. The van der Waals surface area contributed by atoms with Crippen molar-refractivity contribution in [1.82, 2.24) is 4.98 Å². The number of rotatable bonds is 2. The Morgan fingerprint density at radius 2 is 2.09 bits per heavy atom. The van der Waals surface area contributed by atoms with Crippen molar-refractivity contribution in [2.75, 3.05) is 0 Å². The molecule has 1 rings (SSSR count). The Morgan fingerprint density at radius 1 is 1.36 bits per heavy atom. The summed E-state index contributed by atoms with van der Waals surface area (Å²) < 4.78 is 12.8. The molecule has 0 aliphatic rings. The normalized spacial score (nSPS) is 10.1. The highest BCUT2D eigenvalue weighted by Gasteiger charge is 2.05. The summed E-state index contributed by atoms with van der Waals surface area (Å²) in [6.07, 6.45) is 1.39. The van der Waals surface area contributed by atoms with E-state index in [2.05, 4.69) is 4.98 Å². The molecule has 4 heteroatoms. The highest BCUT2D eigenvalue weighted by molar-refractivity contribution is 5.23. The van der Waals surface area contributed by atoms with E-state index in [1.165, 1.54) is 6.20 Å². The first-order chi connectivity index (χ1) is 5.29. The van der Waals surface area contributed by atoms with Crippen molar-refractivity contribution in [2.45, 2.75) is 13.1 Å². The first-order valence-corrected chi connectivity index (χ1v) is 3.32. The highest BCUT2D eigenvalue weighted by atomic mass is 19.1. The predicted molar refractivity (Wildman–Crippen MR) is 40.0 cm³/mol. The van der Waals surface area contributed by atoms with Crippen LogP contribution in [0.3, 0.4) is 0 Å². The molecule has 1 aromatic heterocycles. The molecule has 0 aliphatic heterocycles. The Hall–Kier alpha value is -1.00. The van der Waals surface area contributed by atoms with Crippen LogP contribution in [0.4, 0.5) is 4.39 Å². The summed E-state index contributed by atoms with van der Waals surface area (Å²) in [6, 6.07) is 1.67. The zero-order valence-corrected chi connectivity index (χ0v) is 6.05. The minimum absolute atomic E-state index is 0.145. The average molecular weight is 155 g/mol. The maximum absolute atomic E-state index is 12.8. The quantitative estimate of drug-likeness (QED) is 0.597. The van der Waals surface area contributed by atoms with Crippen molar-refractivity contribution >= 4 is 0 Å². The van der Waals surface area contributed by atoms with Gasteiger partial charge in [0.2, 0.25) is 5.95 Å². The SMILES string of the molecule is NCc1ccnc(F)c1CN. The van der Waals surface area contributed by atoms with Crippen molar-refractivity contribution in [2.24, 2.45) is 11.5 Å². The molecule has 0 saturated carbocycles. The van der Waals surface area contributed by atoms with Gasteiger partial charge in [-0.15, -0.1) is 0 Å². The van der Waals surface area contributed by atoms with Gasteiger partial charge in [0, 0.05) is 24.8 Å². The van der Waals surface area contributed by atoms with Crippen molar-refractivity contribution < 1.29 is 4.39 Å². The summed E-state index contributed by atoms with van der Waals surface area (Å²) >= 11 is 0. The van der Waals surface area contributed by atoms with E-state index in [1.54, 1.807) is 6.07 Å². The summed E-state index contributed by atoms with van der Waals surface area (Å²) in [6.45, 7) is 0.443. The third-order valence-electron chi connectivity index (χ3n) is 1.52. The Labute approximate surface area is 64.2 Å². The fourth-order valence-corrected chi connectivity index (χ4v) is 0.910. The second-order valence-corrected chi connectivity index (χ2v) is 2.15. The minimum Gasteiger partial charge on any atom is -0.326 e. The van der Waals surface area contributed by atoms with E-state index in [4.69, 9.17) is 11.5 Å². The summed E-state index contributed by atoms with van der Waals surface area (Å²) in [5.74, 6) is -0.518. The molecule has 0 unspecified atom stereocenters. The third kappa shape index (κ3) is 1.53. The van der Waals surface area contributed by atoms with Crippen LogP contribution in [-0.4, -0.2) is 4.98 Å². The number of aromatic nitrogens is 1. The molecule has 0 aromatic carbocycles. The van der Waals surface area contributed by atoms with E-state index in [0.29, 0.717) is 12.1 Å². The summed E-state index contributed by atoms with van der Waals surface area (Å²) in [5.41, 5.74) is 11.8. The minimum atomic E-state index is -0.518. The molecule has 0 bridgehead atoms. The largest absolute Gasteiger partial charge is 0.326 e. The molecule has 0 saturated heterocycles. The Bertz CT molecular complexity index is 249. The lowest BCUT2D eigenvalue weighted by atomic mass is 10.1. The highest BCUT2D eigenvalue weighted by Crippen LogP contribution is 2.08. The molecular weight excluding hydrogens is 145 g/mol. The molecular formula is C7H10FN3. The number of nitrogens with zero attached hydrogens (tertiary/aromatic N) is 1. The van der Waals surface area contributed by atoms with Gasteiger partial charge in [0.25, 0.3) is 0 Å². The van der Waals surface area contributed by atoms with Gasteiger partial charge in [-0.05, 0) is 11.6 Å². The van der Waals surface area contributed by atoms with Crippen LogP contribution >= 0.6 is 0 Å². The van der Waals surface area contributed by atoms with Crippen LogP contribution in [0.2, 0.25) is 0 Å². The lowest BCUT2D eigenvalue weighted by Crippen LogP contribution is -2.09. The molecule has 0 atom stereocenters. The summed E-state index contributed by atoms with van der Waals surface area (Å²) in [7, 11) is 0. The van der Waals surface area contributed by atoms with Gasteiger partial charge in [-0.1, -0.05) is 0 Å². The van der Waals surface area contributed by atoms with Crippen molar-refractivity contribution in [1.29, 1.82) is 0 Å². The van der Waals surface area contributed by atoms with E-state index in [0.717, 1.165) is 5.56 Å². The maximum Gasteiger partial charge on any atom is 0.217 e. The van der Waals surface area contributed by atoms with E-state index < -0.39 is 5.95 Å². The average Bonchev–Trinajstić information content (AvgIpc) is 2.04. The zero-order valence-electron chi connectivity index (χ0n) is 6.05. The smallest absolute Gasteiger partial charge is 0.217 e. The summed E-state index contributed by atoms with van der Waals surface area (Å²) in [5, 5.41) is 0. The van der Waals surface area contributed by atoms with Crippen LogP contribution in [0.5, 0.6) is 0 Å². The van der Waals surface area contributed by atoms with Gasteiger partial charge in [-0.3, -0.25) is 0 Å². The molecule has 1 aromatic rings. The molecule has 0 aliphatic carbocycles. The van der Waals surface area contributed by atoms with Gasteiger partial charge in [0.05, 0.1) is 0 Å². The number of nitrogens with two attached hydrogens (primary N) is 2. The van der Waals surface area contributed by atoms with E-state index >= 15 is 0 Å². The van der Waals surface area contributed by atoms with Gasteiger partial charge in [-0.25, -0.2) is 4.98 Å². The van der Waals surface area contributed by atoms with E-state index in [1.807, 2.05) is 0 Å². The van der Waals surface area contributed by atoms with Crippen molar-refractivity contribution in [3.63, 3.8) is 0 Å². The molecule has 0 fully saturated rings. The van der Waals surface area contributed by atoms with Gasteiger partial charge >= 0.3 is 0 Å². The Balaban J connectivity index is 3.13. The first kappa shape index (κ1) is 8.10. The number of hydrogen-bond acceptors (Lipinski definition) is 3. The third-order valence-corrected chi connectivity index (χ3v) is 1.52. The fraction of sp³-hybridized carbons (Fsp3) is 0.286. The van der Waals surface area contributed by atoms with Crippen molar-refractivity contribution in [3.8, 4) is 0 Å². The van der Waals surface area contributed by atoms with Gasteiger partial charge in [0.15, 0.2) is 0 Å². The summed E-state index contributed by atoms with van der Waals surface area (Å²) in [4.78, 5) is 3.46. The second kappa shape index (κ2) is 3.41. The van der Waals surface area contributed by atoms with Crippen LogP contribution in [0.1, 0.15) is 11.1 Å². The van der Waals surface area contributed by atoms with Crippen molar-refractivity contribution in [3.05, 3.63) is 29.3 Å². The first-order valence-electron chi connectivity index (χ1n) is 3.32. The van der Waals surface area contributed by atoms with Crippen LogP contribution in [0.15, 0.2) is 12.3 Å². The molecule has 60 valence electrons. The zero-order chi connectivity index (χ0) is 8.27. The molecule has 4 N–H and O–H groups in total. The predicted octanol–water partition coefficient (Wildman–Crippen LogP) is 0.138. The van der Waals surface area contributed by atoms with Gasteiger partial charge in [-0.2, -0.15) is 4.39 Å². The van der Waals surface area contributed by atoms with Crippen LogP contribution in [-0.2, 0) is 13.1 Å². The van der Waals surface area contributed by atoms with E-state index in [9.17, 15) is 4.39 Å². The van der Waals surface area contributed by atoms with Crippen LogP contribution in [0, 0.1) is 5.95 Å². The maximum atomic E-state index is 12.8. The molecule has 0 amide bonds. The lowest BCUT2D eigenvalue weighted by Gasteiger charge is -2.03. The Morgan fingerprint density at radius 3 is 2.55 bits per heavy atom. The van der Waals surface area contributed by atoms with E-state index in [-0.39, 0.29) is 6.54 Å². The number of pyridine rings is 1. The van der Waals surface area contributed by atoms with Crippen LogP contribution in [0.25, 0.3) is 0 Å².